The molecule has 0 aromatic carbocycles. The number of hydrogen-bond donors (Lipinski definition) is 0. The lowest BCUT2D eigenvalue weighted by Crippen LogP contribution is -2.28. The van der Waals surface area contributed by atoms with Gasteiger partial charge in [0.1, 0.15) is 0 Å². The zero-order chi connectivity index (χ0) is 8.48. The van der Waals surface area contributed by atoms with E-state index in [1.165, 1.54) is 19.3 Å². The lowest BCUT2D eigenvalue weighted by molar-refractivity contribution is 0.141. The second-order valence-electron chi connectivity index (χ2n) is 4.80. The highest BCUT2D eigenvalue weighted by molar-refractivity contribution is 6.18. The Morgan fingerprint density at radius 1 is 1.45 bits per heavy atom. The number of hydrogen-bond acceptors (Lipinski definition) is 0. The van der Waals surface area contributed by atoms with Crippen molar-refractivity contribution >= 4 is 11.6 Å². The molecular formula is C10H19Cl. The molecule has 0 aliphatic heterocycles. The van der Waals surface area contributed by atoms with E-state index < -0.39 is 0 Å². The average molecular weight is 175 g/mol. The first-order chi connectivity index (χ1) is 5.05. The van der Waals surface area contributed by atoms with Gasteiger partial charge in [0.15, 0.2) is 0 Å². The first-order valence-electron chi connectivity index (χ1n) is 4.61. The maximum atomic E-state index is 5.87. The van der Waals surface area contributed by atoms with Crippen LogP contribution in [0.1, 0.15) is 40.0 Å². The molecule has 2 atom stereocenters. The molecule has 0 N–H and O–H groups in total. The lowest BCUT2D eigenvalue weighted by atomic mass is 9.68. The number of rotatable bonds is 1. The van der Waals surface area contributed by atoms with Gasteiger partial charge in [-0.15, -0.1) is 11.6 Å². The monoisotopic (exact) mass is 174 g/mol. The van der Waals surface area contributed by atoms with Gasteiger partial charge < -0.3 is 0 Å². The van der Waals surface area contributed by atoms with Crippen molar-refractivity contribution in [2.75, 3.05) is 5.88 Å². The quantitative estimate of drug-likeness (QED) is 0.532. The second-order valence-corrected chi connectivity index (χ2v) is 5.11. The maximum Gasteiger partial charge on any atom is 0.0254 e. The lowest BCUT2D eigenvalue weighted by Gasteiger charge is -2.38. The van der Waals surface area contributed by atoms with Crippen molar-refractivity contribution in [2.45, 2.75) is 40.0 Å². The van der Waals surface area contributed by atoms with Crippen LogP contribution < -0.4 is 0 Å². The molecule has 0 radical (unpaired) electrons. The molecule has 66 valence electrons. The van der Waals surface area contributed by atoms with Crippen LogP contribution in [0.4, 0.5) is 0 Å². The molecular weight excluding hydrogens is 156 g/mol. The Morgan fingerprint density at radius 2 is 2.09 bits per heavy atom. The third-order valence-electron chi connectivity index (χ3n) is 3.07. The van der Waals surface area contributed by atoms with Gasteiger partial charge in [-0.2, -0.15) is 0 Å². The van der Waals surface area contributed by atoms with Crippen molar-refractivity contribution in [3.8, 4) is 0 Å². The summed E-state index contributed by atoms with van der Waals surface area (Å²) < 4.78 is 0. The van der Waals surface area contributed by atoms with E-state index in [0.717, 1.165) is 17.7 Å². The zero-order valence-electron chi connectivity index (χ0n) is 7.86. The van der Waals surface area contributed by atoms with E-state index in [1.807, 2.05) is 0 Å². The molecule has 1 saturated carbocycles. The standard InChI is InChI=1S/C10H19Cl/c1-8-6-10(2,3)5-4-9(8)7-11/h8-9H,4-7H2,1-3H3. The third kappa shape index (κ3) is 2.37. The Balaban J connectivity index is 2.48. The predicted octanol–water partition coefficient (Wildman–Crippen LogP) is 3.69. The van der Waals surface area contributed by atoms with Gasteiger partial charge in [0.25, 0.3) is 0 Å². The van der Waals surface area contributed by atoms with E-state index in [1.54, 1.807) is 0 Å². The van der Waals surface area contributed by atoms with Crippen LogP contribution >= 0.6 is 11.6 Å². The first-order valence-corrected chi connectivity index (χ1v) is 5.14. The zero-order valence-corrected chi connectivity index (χ0v) is 8.62. The molecule has 1 fully saturated rings. The summed E-state index contributed by atoms with van der Waals surface area (Å²) in [5.74, 6) is 2.47. The molecule has 1 aliphatic rings. The average Bonchev–Trinajstić information content (AvgIpc) is 1.86. The van der Waals surface area contributed by atoms with E-state index in [4.69, 9.17) is 11.6 Å². The van der Waals surface area contributed by atoms with Crippen LogP contribution in [0.5, 0.6) is 0 Å². The minimum absolute atomic E-state index is 0.571. The highest BCUT2D eigenvalue weighted by Gasteiger charge is 2.31. The third-order valence-corrected chi connectivity index (χ3v) is 3.47. The molecule has 0 aromatic rings. The maximum absolute atomic E-state index is 5.87. The SMILES string of the molecule is CC1CC(C)(C)CCC1CCl. The van der Waals surface area contributed by atoms with Crippen LogP contribution in [0, 0.1) is 17.3 Å². The number of halogens is 1. The molecule has 0 amide bonds. The predicted molar refractivity (Wildman–Crippen MR) is 51.0 cm³/mol. The normalized spacial score (nSPS) is 37.1. The Hall–Kier alpha value is 0.290. The summed E-state index contributed by atoms with van der Waals surface area (Å²) >= 11 is 5.87. The Morgan fingerprint density at radius 3 is 2.55 bits per heavy atom. The van der Waals surface area contributed by atoms with Crippen LogP contribution in [0.3, 0.4) is 0 Å². The van der Waals surface area contributed by atoms with Crippen molar-refractivity contribution in [1.29, 1.82) is 0 Å². The molecule has 0 nitrogen and oxygen atoms in total. The summed E-state index contributed by atoms with van der Waals surface area (Å²) in [6.45, 7) is 7.08. The Labute approximate surface area is 75.3 Å². The molecule has 2 unspecified atom stereocenters. The van der Waals surface area contributed by atoms with Gasteiger partial charge in [-0.05, 0) is 36.5 Å². The van der Waals surface area contributed by atoms with Gasteiger partial charge in [0.2, 0.25) is 0 Å². The molecule has 0 spiro atoms. The summed E-state index contributed by atoms with van der Waals surface area (Å²) in [6.07, 6.45) is 4.04. The highest BCUT2D eigenvalue weighted by Crippen LogP contribution is 2.41. The van der Waals surface area contributed by atoms with E-state index in [9.17, 15) is 0 Å². The topological polar surface area (TPSA) is 0 Å². The van der Waals surface area contributed by atoms with E-state index in [-0.39, 0.29) is 0 Å². The summed E-state index contributed by atoms with van der Waals surface area (Å²) in [7, 11) is 0. The van der Waals surface area contributed by atoms with E-state index in [0.29, 0.717) is 5.41 Å². The van der Waals surface area contributed by atoms with Crippen LogP contribution in [-0.2, 0) is 0 Å². The van der Waals surface area contributed by atoms with Gasteiger partial charge in [-0.25, -0.2) is 0 Å². The van der Waals surface area contributed by atoms with Crippen molar-refractivity contribution in [3.05, 3.63) is 0 Å². The Bertz CT molecular complexity index is 129. The van der Waals surface area contributed by atoms with Crippen LogP contribution in [-0.4, -0.2) is 5.88 Å². The van der Waals surface area contributed by atoms with Crippen LogP contribution in [0.15, 0.2) is 0 Å². The van der Waals surface area contributed by atoms with E-state index in [2.05, 4.69) is 20.8 Å². The summed E-state index contributed by atoms with van der Waals surface area (Å²) in [4.78, 5) is 0. The van der Waals surface area contributed by atoms with Gasteiger partial charge in [-0.3, -0.25) is 0 Å². The summed E-state index contributed by atoms with van der Waals surface area (Å²) in [5, 5.41) is 0. The van der Waals surface area contributed by atoms with Gasteiger partial charge >= 0.3 is 0 Å². The molecule has 11 heavy (non-hydrogen) atoms. The van der Waals surface area contributed by atoms with Crippen LogP contribution in [0.2, 0.25) is 0 Å². The minimum Gasteiger partial charge on any atom is -0.126 e. The molecule has 1 rings (SSSR count). The van der Waals surface area contributed by atoms with E-state index >= 15 is 0 Å². The molecule has 1 heteroatoms. The van der Waals surface area contributed by atoms with Crippen molar-refractivity contribution in [1.82, 2.24) is 0 Å². The highest BCUT2D eigenvalue weighted by atomic mass is 35.5. The number of alkyl halides is 1. The minimum atomic E-state index is 0.571. The first kappa shape index (κ1) is 9.38. The smallest absolute Gasteiger partial charge is 0.0254 e. The van der Waals surface area contributed by atoms with Gasteiger partial charge in [-0.1, -0.05) is 20.8 Å². The summed E-state index contributed by atoms with van der Waals surface area (Å²) in [5.41, 5.74) is 0.571. The molecule has 0 bridgehead atoms. The fraction of sp³-hybridized carbons (Fsp3) is 1.00. The largest absolute Gasteiger partial charge is 0.126 e. The second kappa shape index (κ2) is 3.35. The van der Waals surface area contributed by atoms with Crippen molar-refractivity contribution < 1.29 is 0 Å². The fourth-order valence-corrected chi connectivity index (χ4v) is 2.69. The molecule has 0 heterocycles. The molecule has 1 aliphatic carbocycles. The van der Waals surface area contributed by atoms with Gasteiger partial charge in [0.05, 0.1) is 0 Å². The van der Waals surface area contributed by atoms with Gasteiger partial charge in [0, 0.05) is 5.88 Å². The van der Waals surface area contributed by atoms with Crippen LogP contribution in [0.25, 0.3) is 0 Å². The summed E-state index contributed by atoms with van der Waals surface area (Å²) in [6, 6.07) is 0. The fourth-order valence-electron chi connectivity index (χ4n) is 2.23. The Kier molecular flexibility index (Phi) is 2.85. The van der Waals surface area contributed by atoms with Crippen molar-refractivity contribution in [2.24, 2.45) is 17.3 Å². The molecule has 0 aromatic heterocycles. The molecule has 0 saturated heterocycles. The van der Waals surface area contributed by atoms with Crippen molar-refractivity contribution in [3.63, 3.8) is 0 Å².